The zero-order valence-electron chi connectivity index (χ0n) is 14.2. The fraction of sp³-hybridized carbons (Fsp3) is 0.0500. The van der Waals surface area contributed by atoms with Crippen molar-refractivity contribution in [3.63, 3.8) is 0 Å². The number of aromatic carboxylic acids is 1. The first-order chi connectivity index (χ1) is 13.1. The van der Waals surface area contributed by atoms with E-state index in [0.717, 1.165) is 15.6 Å². The number of hydrogen-bond acceptors (Lipinski definition) is 4. The van der Waals surface area contributed by atoms with E-state index in [-0.39, 0.29) is 5.56 Å². The Morgan fingerprint density at radius 3 is 2.59 bits per heavy atom. The Morgan fingerprint density at radius 2 is 1.89 bits per heavy atom. The second kappa shape index (κ2) is 6.85. The molecule has 134 valence electrons. The topological polar surface area (TPSA) is 88.1 Å². The summed E-state index contributed by atoms with van der Waals surface area (Å²) in [6.45, 7) is 0. The number of hydrogen-bond donors (Lipinski definition) is 2. The molecule has 0 saturated heterocycles. The molecule has 7 heteroatoms. The van der Waals surface area contributed by atoms with Gasteiger partial charge in [-0.05, 0) is 30.3 Å². The number of fused-ring (bicyclic) bond motifs is 1. The summed E-state index contributed by atoms with van der Waals surface area (Å²) in [6, 6.07) is 16.4. The Balaban J connectivity index is 1.94. The zero-order valence-corrected chi connectivity index (χ0v) is 15.8. The third-order valence-corrected chi connectivity index (χ3v) is 4.78. The van der Waals surface area contributed by atoms with Crippen molar-refractivity contribution < 1.29 is 14.6 Å². The molecule has 0 aliphatic heterocycles. The van der Waals surface area contributed by atoms with Crippen LogP contribution in [0.25, 0.3) is 33.5 Å². The molecule has 2 heterocycles. The van der Waals surface area contributed by atoms with Gasteiger partial charge in [-0.15, -0.1) is 0 Å². The van der Waals surface area contributed by atoms with Crippen LogP contribution in [0.2, 0.25) is 0 Å². The quantitative estimate of drug-likeness (QED) is 0.493. The minimum atomic E-state index is -1.04. The minimum absolute atomic E-state index is 0.143. The number of nitrogens with zero attached hydrogens (tertiary/aromatic N) is 2. The summed E-state index contributed by atoms with van der Waals surface area (Å²) in [6.07, 6.45) is 0. The van der Waals surface area contributed by atoms with Gasteiger partial charge in [0, 0.05) is 15.6 Å². The standard InChI is InChI=1S/C20H14BrN3O3/c1-27-14-4-2-3-12(9-14)16-10-15(20(25)26)17-18(23-24-19(17)22-16)11-5-7-13(21)8-6-11/h2-10H,1H3,(H,25,26)(H,22,23,24). The van der Waals surface area contributed by atoms with Gasteiger partial charge in [-0.1, -0.05) is 40.2 Å². The van der Waals surface area contributed by atoms with Crippen molar-refractivity contribution in [2.24, 2.45) is 0 Å². The first-order valence-electron chi connectivity index (χ1n) is 8.09. The smallest absolute Gasteiger partial charge is 0.336 e. The molecule has 0 atom stereocenters. The third-order valence-electron chi connectivity index (χ3n) is 4.25. The molecular weight excluding hydrogens is 410 g/mol. The number of aromatic amines is 1. The first kappa shape index (κ1) is 17.2. The van der Waals surface area contributed by atoms with Crippen LogP contribution in [-0.2, 0) is 0 Å². The Bertz CT molecular complexity index is 1150. The fourth-order valence-corrected chi connectivity index (χ4v) is 3.21. The highest BCUT2D eigenvalue weighted by molar-refractivity contribution is 9.10. The van der Waals surface area contributed by atoms with E-state index in [1.54, 1.807) is 13.2 Å². The van der Waals surface area contributed by atoms with E-state index < -0.39 is 5.97 Å². The maximum atomic E-state index is 12.0. The van der Waals surface area contributed by atoms with E-state index in [1.165, 1.54) is 0 Å². The number of methoxy groups -OCH3 is 1. The molecule has 0 saturated carbocycles. The SMILES string of the molecule is COc1cccc(-c2cc(C(=O)O)c3c(-c4ccc(Br)cc4)[nH]nc3n2)c1. The number of benzene rings is 2. The van der Waals surface area contributed by atoms with Crippen molar-refractivity contribution in [2.75, 3.05) is 7.11 Å². The molecule has 2 N–H and O–H groups in total. The summed E-state index contributed by atoms with van der Waals surface area (Å²) < 4.78 is 6.18. The average molecular weight is 424 g/mol. The molecule has 4 rings (SSSR count). The van der Waals surface area contributed by atoms with Crippen molar-refractivity contribution in [1.29, 1.82) is 0 Å². The van der Waals surface area contributed by atoms with Crippen molar-refractivity contribution >= 4 is 32.9 Å². The lowest BCUT2D eigenvalue weighted by atomic mass is 10.0. The molecular formula is C20H14BrN3O3. The van der Waals surface area contributed by atoms with Gasteiger partial charge < -0.3 is 9.84 Å². The van der Waals surface area contributed by atoms with Crippen molar-refractivity contribution in [1.82, 2.24) is 15.2 Å². The van der Waals surface area contributed by atoms with Crippen molar-refractivity contribution in [3.8, 4) is 28.3 Å². The maximum Gasteiger partial charge on any atom is 0.336 e. The van der Waals surface area contributed by atoms with Gasteiger partial charge in [-0.25, -0.2) is 9.78 Å². The van der Waals surface area contributed by atoms with Crippen LogP contribution in [0.5, 0.6) is 5.75 Å². The van der Waals surface area contributed by atoms with E-state index in [2.05, 4.69) is 31.1 Å². The van der Waals surface area contributed by atoms with Crippen LogP contribution >= 0.6 is 15.9 Å². The van der Waals surface area contributed by atoms with Crippen LogP contribution in [0.1, 0.15) is 10.4 Å². The van der Waals surface area contributed by atoms with Crippen LogP contribution in [-0.4, -0.2) is 33.4 Å². The van der Waals surface area contributed by atoms with E-state index in [1.807, 2.05) is 48.5 Å². The van der Waals surface area contributed by atoms with Crippen LogP contribution in [0.15, 0.2) is 59.1 Å². The van der Waals surface area contributed by atoms with E-state index in [9.17, 15) is 9.90 Å². The summed E-state index contributed by atoms with van der Waals surface area (Å²) in [7, 11) is 1.58. The Kier molecular flexibility index (Phi) is 4.37. The second-order valence-electron chi connectivity index (χ2n) is 5.90. The number of nitrogens with one attached hydrogen (secondary N) is 1. The molecule has 4 aromatic rings. The predicted molar refractivity (Wildman–Crippen MR) is 106 cm³/mol. The molecule has 0 aliphatic carbocycles. The maximum absolute atomic E-state index is 12.0. The number of pyridine rings is 1. The number of halogens is 1. The molecule has 2 aromatic carbocycles. The number of carboxylic acids is 1. The molecule has 27 heavy (non-hydrogen) atoms. The van der Waals surface area contributed by atoms with Gasteiger partial charge in [0.15, 0.2) is 5.65 Å². The number of ether oxygens (including phenoxy) is 1. The number of rotatable bonds is 4. The van der Waals surface area contributed by atoms with Crippen LogP contribution in [0.3, 0.4) is 0 Å². The highest BCUT2D eigenvalue weighted by Gasteiger charge is 2.19. The number of carbonyl (C=O) groups is 1. The summed E-state index contributed by atoms with van der Waals surface area (Å²) in [4.78, 5) is 16.5. The molecule has 0 unspecified atom stereocenters. The average Bonchev–Trinajstić information content (AvgIpc) is 3.11. The van der Waals surface area contributed by atoms with E-state index in [4.69, 9.17) is 4.74 Å². The Labute approximate surface area is 163 Å². The number of H-pyrrole nitrogens is 1. The Morgan fingerprint density at radius 1 is 1.11 bits per heavy atom. The van der Waals surface area contributed by atoms with Gasteiger partial charge in [0.05, 0.1) is 29.4 Å². The molecule has 0 aliphatic rings. The van der Waals surface area contributed by atoms with Crippen LogP contribution in [0, 0.1) is 0 Å². The van der Waals surface area contributed by atoms with Crippen molar-refractivity contribution in [2.45, 2.75) is 0 Å². The monoisotopic (exact) mass is 423 g/mol. The van der Waals surface area contributed by atoms with Crippen LogP contribution in [0.4, 0.5) is 0 Å². The normalized spacial score (nSPS) is 10.9. The van der Waals surface area contributed by atoms with Gasteiger partial charge >= 0.3 is 5.97 Å². The lowest BCUT2D eigenvalue weighted by Gasteiger charge is -2.07. The fourth-order valence-electron chi connectivity index (χ4n) is 2.95. The lowest BCUT2D eigenvalue weighted by Crippen LogP contribution is -2.00. The van der Waals surface area contributed by atoms with Crippen LogP contribution < -0.4 is 4.74 Å². The van der Waals surface area contributed by atoms with Gasteiger partial charge in [0.25, 0.3) is 0 Å². The summed E-state index contributed by atoms with van der Waals surface area (Å²) >= 11 is 3.40. The third kappa shape index (κ3) is 3.17. The van der Waals surface area contributed by atoms with Gasteiger partial charge in [-0.3, -0.25) is 5.10 Å². The molecule has 6 nitrogen and oxygen atoms in total. The van der Waals surface area contributed by atoms with E-state index >= 15 is 0 Å². The first-order valence-corrected chi connectivity index (χ1v) is 8.89. The summed E-state index contributed by atoms with van der Waals surface area (Å²) in [5, 5.41) is 17.4. The minimum Gasteiger partial charge on any atom is -0.497 e. The highest BCUT2D eigenvalue weighted by atomic mass is 79.9. The molecule has 2 aromatic heterocycles. The largest absolute Gasteiger partial charge is 0.497 e. The molecule has 0 fully saturated rings. The van der Waals surface area contributed by atoms with Gasteiger partial charge in [0.1, 0.15) is 5.75 Å². The van der Waals surface area contributed by atoms with Gasteiger partial charge in [0.2, 0.25) is 0 Å². The number of aromatic nitrogens is 3. The summed E-state index contributed by atoms with van der Waals surface area (Å²) in [5.41, 5.74) is 3.23. The van der Waals surface area contributed by atoms with Gasteiger partial charge in [-0.2, -0.15) is 5.10 Å². The number of carboxylic acid groups (broad SMARTS) is 1. The van der Waals surface area contributed by atoms with Crippen molar-refractivity contribution in [3.05, 3.63) is 64.6 Å². The Hall–Kier alpha value is -3.19. The highest BCUT2D eigenvalue weighted by Crippen LogP contribution is 2.32. The molecule has 0 spiro atoms. The molecule has 0 bridgehead atoms. The molecule has 0 amide bonds. The predicted octanol–water partition coefficient (Wildman–Crippen LogP) is 4.76. The zero-order chi connectivity index (χ0) is 19.0. The second-order valence-corrected chi connectivity index (χ2v) is 6.81. The molecule has 0 radical (unpaired) electrons. The lowest BCUT2D eigenvalue weighted by molar-refractivity contribution is 0.0699. The van der Waals surface area contributed by atoms with E-state index in [0.29, 0.717) is 28.2 Å². The summed E-state index contributed by atoms with van der Waals surface area (Å²) in [5.74, 6) is -0.366.